The van der Waals surface area contributed by atoms with Crippen molar-refractivity contribution in [2.24, 2.45) is 5.92 Å². The molecule has 150 heavy (non-hydrogen) atoms. The normalized spacial score (nSPS) is 10.9. The van der Waals surface area contributed by atoms with Gasteiger partial charge in [-0.15, -0.1) is 11.8 Å². The Bertz CT molecular complexity index is 7560. The minimum Gasteiger partial charge on any atom is -0.461 e. The molecule has 11 aromatic carbocycles. The van der Waals surface area contributed by atoms with Crippen molar-refractivity contribution in [3.63, 3.8) is 0 Å². The fourth-order valence-electron chi connectivity index (χ4n) is 17.0. The van der Waals surface area contributed by atoms with Crippen LogP contribution in [0.2, 0.25) is 0 Å². The van der Waals surface area contributed by atoms with E-state index in [9.17, 15) is 28.8 Å². The zero-order valence-electron chi connectivity index (χ0n) is 89.8. The number of thioether (sulfide) groups is 4. The van der Waals surface area contributed by atoms with E-state index in [0.29, 0.717) is 113 Å². The van der Waals surface area contributed by atoms with Crippen LogP contribution in [0.4, 0.5) is 0 Å². The van der Waals surface area contributed by atoms with Crippen molar-refractivity contribution < 1.29 is 31.2 Å². The molecular formula is C133H146O13S4. The third-order valence-corrected chi connectivity index (χ3v) is 30.6. The van der Waals surface area contributed by atoms with Crippen molar-refractivity contribution in [2.75, 3.05) is 23.0 Å². The first-order chi connectivity index (χ1) is 73.0. The van der Waals surface area contributed by atoms with Crippen LogP contribution < -0.4 is 37.3 Å². The van der Waals surface area contributed by atoms with E-state index in [-0.39, 0.29) is 32.6 Å². The molecule has 17 aromatic rings. The van der Waals surface area contributed by atoms with Crippen LogP contribution in [0.15, 0.2) is 343 Å². The molecule has 0 bridgehead atoms. The number of fused-ring (bicyclic) bond motifs is 6. The fourth-order valence-corrected chi connectivity index (χ4v) is 20.9. The summed E-state index contributed by atoms with van der Waals surface area (Å²) in [5, 5.41) is 6.89. The van der Waals surface area contributed by atoms with Crippen LogP contribution >= 0.6 is 47.0 Å². The molecule has 0 radical (unpaired) electrons. The van der Waals surface area contributed by atoms with Crippen molar-refractivity contribution in [3.05, 3.63) is 423 Å². The van der Waals surface area contributed by atoms with Crippen molar-refractivity contribution in [2.45, 2.75) is 284 Å². The number of hydrogen-bond acceptors (Lipinski definition) is 17. The first-order valence-corrected chi connectivity index (χ1v) is 57.6. The first-order valence-electron chi connectivity index (χ1n) is 53.7. The van der Waals surface area contributed by atoms with E-state index in [1.165, 1.54) is 102 Å². The molecule has 13 nitrogen and oxygen atoms in total. The van der Waals surface area contributed by atoms with E-state index in [1.807, 2.05) is 168 Å². The number of hydrogen-bond donors (Lipinski definition) is 0. The zero-order chi connectivity index (χ0) is 106. The minimum absolute atomic E-state index is 0.0408. The molecule has 780 valence electrons. The number of rotatable bonds is 40. The van der Waals surface area contributed by atoms with Gasteiger partial charge < -0.3 is 31.2 Å². The lowest BCUT2D eigenvalue weighted by atomic mass is 10.0. The van der Waals surface area contributed by atoms with Gasteiger partial charge >= 0.3 is 0 Å². The summed E-state index contributed by atoms with van der Waals surface area (Å²) in [6, 6.07) is 88.2. The van der Waals surface area contributed by atoms with Crippen LogP contribution in [0.3, 0.4) is 0 Å². The molecule has 0 aliphatic rings. The number of unbranched alkanes of at least 4 members (excludes halogenated alkanes) is 8. The fraction of sp³-hybridized carbons (Fsp3) is 0.338. The Balaban J connectivity index is 0.000000160. The highest BCUT2D eigenvalue weighted by Gasteiger charge is 2.19. The topological polar surface area (TPSA) is 190 Å². The molecule has 0 aliphatic carbocycles. The highest BCUT2D eigenvalue weighted by atomic mass is 32.2. The van der Waals surface area contributed by atoms with E-state index in [2.05, 4.69) is 193 Å². The lowest BCUT2D eigenvalue weighted by Crippen LogP contribution is -2.09. The number of ether oxygens (including phenoxy) is 1. The molecular weight excluding hydrogens is 1930 g/mol. The molecule has 0 fully saturated rings. The van der Waals surface area contributed by atoms with Crippen LogP contribution in [0, 0.1) is 71.1 Å². The van der Waals surface area contributed by atoms with Crippen molar-refractivity contribution >= 4 is 113 Å². The molecule has 0 amide bonds. The maximum atomic E-state index is 12.5. The van der Waals surface area contributed by atoms with E-state index in [4.69, 9.17) is 31.2 Å². The highest BCUT2D eigenvalue weighted by molar-refractivity contribution is 7.99. The maximum Gasteiger partial charge on any atom is 0.292 e. The summed E-state index contributed by atoms with van der Waals surface area (Å²) >= 11 is 6.54. The molecule has 0 atom stereocenters. The Kier molecular flexibility index (Phi) is 47.8. The molecule has 6 heterocycles. The molecule has 6 aromatic heterocycles. The molecule has 0 aliphatic heterocycles. The quantitative estimate of drug-likeness (QED) is 0.0200. The first kappa shape index (κ1) is 116. The summed E-state index contributed by atoms with van der Waals surface area (Å²) in [5.41, 5.74) is 21.4. The Morgan fingerprint density at radius 2 is 0.560 bits per heavy atom. The Labute approximate surface area is 902 Å². The molecule has 17 rings (SSSR count). The smallest absolute Gasteiger partial charge is 0.292 e. The molecule has 0 saturated heterocycles. The monoisotopic (exact) mass is 2080 g/mol. The van der Waals surface area contributed by atoms with E-state index in [1.54, 1.807) is 66.1 Å². The van der Waals surface area contributed by atoms with Crippen molar-refractivity contribution in [1.29, 1.82) is 0 Å². The van der Waals surface area contributed by atoms with Gasteiger partial charge in [0.15, 0.2) is 52.9 Å². The average molecular weight is 2080 g/mol. The Morgan fingerprint density at radius 3 is 0.940 bits per heavy atom. The van der Waals surface area contributed by atoms with Gasteiger partial charge in [0, 0.05) is 82.1 Å². The highest BCUT2D eigenvalue weighted by Crippen LogP contribution is 2.33. The predicted molar refractivity (Wildman–Crippen MR) is 632 cm³/mol. The summed E-state index contributed by atoms with van der Waals surface area (Å²) in [6.45, 7) is 26.8. The SMILES string of the molecule is CCCC#Cc1ccc(CCc2oc3ccccc3c(=O)c2C)cc1.CCCCC#CCCCSc1oc2ccccc2c(=O)c1C.CCCCCc1ccc(CCSc2oc3ccccc3c(=O)c2C)cc1.CCCc1ccc(CCCCSc2oc3ccccc3c(=O)c2C)cc1.CCCc1ccc(CCCCSc2oc3ccccc3c(=O)c2C)cc1.Cc1c(OCc2ccc(CCC(C)C)cc2)oc2ccccc2c1=O. The predicted octanol–water partition coefficient (Wildman–Crippen LogP) is 34.0. The number of benzene rings is 11. The van der Waals surface area contributed by atoms with Gasteiger partial charge in [0.2, 0.25) is 0 Å². The summed E-state index contributed by atoms with van der Waals surface area (Å²) in [7, 11) is 0. The summed E-state index contributed by atoms with van der Waals surface area (Å²) in [6.07, 6.45) is 28.6. The van der Waals surface area contributed by atoms with Gasteiger partial charge in [0.1, 0.15) is 45.9 Å². The zero-order valence-corrected chi connectivity index (χ0v) is 93.1. The molecule has 17 heteroatoms. The van der Waals surface area contributed by atoms with Gasteiger partial charge in [0.05, 0.1) is 37.9 Å². The number of para-hydroxylation sites is 6. The van der Waals surface area contributed by atoms with Gasteiger partial charge in [-0.3, -0.25) is 28.8 Å². The average Bonchev–Trinajstić information content (AvgIpc) is 0.859. The van der Waals surface area contributed by atoms with E-state index < -0.39 is 0 Å². The van der Waals surface area contributed by atoms with Gasteiger partial charge in [-0.05, 0) is 292 Å². The molecule has 0 saturated carbocycles. The van der Waals surface area contributed by atoms with Gasteiger partial charge in [-0.2, -0.15) is 0 Å². The summed E-state index contributed by atoms with van der Waals surface area (Å²) < 4.78 is 41.2. The Hall–Kier alpha value is -13.0. The van der Waals surface area contributed by atoms with Gasteiger partial charge in [-0.1, -0.05) is 321 Å². The van der Waals surface area contributed by atoms with E-state index in [0.717, 1.165) is 174 Å². The van der Waals surface area contributed by atoms with Crippen LogP contribution in [-0.2, 0) is 64.4 Å². The second-order valence-electron chi connectivity index (χ2n) is 38.5. The largest absolute Gasteiger partial charge is 0.461 e. The lowest BCUT2D eigenvalue weighted by Gasteiger charge is -2.10. The summed E-state index contributed by atoms with van der Waals surface area (Å²) in [4.78, 5) is 74.4. The Morgan fingerprint density at radius 1 is 0.253 bits per heavy atom. The van der Waals surface area contributed by atoms with Crippen LogP contribution in [-0.4, -0.2) is 23.0 Å². The van der Waals surface area contributed by atoms with Gasteiger partial charge in [-0.25, -0.2) is 0 Å². The van der Waals surface area contributed by atoms with Crippen LogP contribution in [0.25, 0.3) is 65.8 Å². The molecule has 0 spiro atoms. The minimum atomic E-state index is -0.0408. The van der Waals surface area contributed by atoms with Crippen molar-refractivity contribution in [1.82, 2.24) is 0 Å². The third kappa shape index (κ3) is 35.3. The second kappa shape index (κ2) is 62.0. The molecule has 0 N–H and O–H groups in total. The van der Waals surface area contributed by atoms with Crippen LogP contribution in [0.5, 0.6) is 5.95 Å². The van der Waals surface area contributed by atoms with Gasteiger partial charge in [0.25, 0.3) is 5.95 Å². The van der Waals surface area contributed by atoms with Crippen LogP contribution in [0.1, 0.15) is 252 Å². The summed E-state index contributed by atoms with van der Waals surface area (Å²) in [5.74, 6) is 18.3. The lowest BCUT2D eigenvalue weighted by molar-refractivity contribution is 0.232. The van der Waals surface area contributed by atoms with E-state index >= 15 is 0 Å². The molecule has 0 unspecified atom stereocenters. The van der Waals surface area contributed by atoms with Crippen molar-refractivity contribution in [3.8, 4) is 29.6 Å². The number of aryl methyl sites for hydroxylation is 9. The maximum absolute atomic E-state index is 12.5. The second-order valence-corrected chi connectivity index (χ2v) is 42.8. The standard InChI is InChI=1S/3C23H26O2S.C23H22O2.C22H24O3.C19H22O2S/c2*1-3-8-18-12-14-19(15-13-18)9-6-7-16-26-23-17(2)22(24)20-10-4-5-11-21(20)25-23;1-3-4-5-8-18-11-13-19(14-12-18)15-16-26-23-17(2)22(24)20-9-6-7-10-21(20)25-23;1-3-4-5-8-18-11-13-19(14-12-18)15-16-21-17(2)23(24)20-9-6-7-10-22(20)25-21;1-15(2)8-9-17-10-12-18(13-11-17)14-24-22-16(3)21(23)19-6-4-5-7-20(19)25-22;1-3-4-5-6-7-8-11-14-22-19-15(2)18(20)16-12-9-10-13-17(16)21-19/h2*4-5,10-15H,3,6-9,16H2,1-2H3;6-7,9-14H,3-5,8,15-16H2,1-2H3;6-7,9-14H,3-4,15-16H2,1-2H3;4-7,10-13,15H,8-9,14H2,1-3H3;9-10,12-13H,3-5,8,11,14H2,1-2H3. The third-order valence-electron chi connectivity index (χ3n) is 26.1.